The highest BCUT2D eigenvalue weighted by Gasteiger charge is 2.27. The highest BCUT2D eigenvalue weighted by Crippen LogP contribution is 2.15. The van der Waals surface area contributed by atoms with Gasteiger partial charge in [0.05, 0.1) is 0 Å². The Labute approximate surface area is 169 Å². The van der Waals surface area contributed by atoms with Crippen LogP contribution in [0.3, 0.4) is 0 Å². The Morgan fingerprint density at radius 1 is 1.14 bits per heavy atom. The van der Waals surface area contributed by atoms with Gasteiger partial charge in [-0.05, 0) is 45.3 Å². The van der Waals surface area contributed by atoms with Crippen molar-refractivity contribution in [3.05, 3.63) is 64.1 Å². The van der Waals surface area contributed by atoms with Crippen LogP contribution in [-0.4, -0.2) is 40.0 Å². The Balaban J connectivity index is 2.15. The van der Waals surface area contributed by atoms with Gasteiger partial charge in [-0.2, -0.15) is 0 Å². The van der Waals surface area contributed by atoms with Crippen molar-refractivity contribution in [1.29, 1.82) is 0 Å². The average Bonchev–Trinajstić information content (AvgIpc) is 2.61. The molecule has 2 atom stereocenters. The summed E-state index contributed by atoms with van der Waals surface area (Å²) in [7, 11) is 0. The smallest absolute Gasteiger partial charge is 0.326 e. The average molecular weight is 452 g/mol. The number of carbonyl (C=O) groups excluding carboxylic acids is 2. The van der Waals surface area contributed by atoms with E-state index in [0.29, 0.717) is 15.7 Å². The van der Waals surface area contributed by atoms with Crippen molar-refractivity contribution in [2.24, 2.45) is 0 Å². The lowest BCUT2D eigenvalue weighted by molar-refractivity contribution is -0.142. The maximum atomic E-state index is 13.4. The van der Waals surface area contributed by atoms with Crippen LogP contribution in [0.1, 0.15) is 18.1 Å². The molecule has 0 spiro atoms. The number of hydrogen-bond acceptors (Lipinski definition) is 4. The van der Waals surface area contributed by atoms with E-state index in [1.807, 2.05) is 0 Å². The van der Waals surface area contributed by atoms with Gasteiger partial charge in [0.2, 0.25) is 11.8 Å². The summed E-state index contributed by atoms with van der Waals surface area (Å²) >= 11 is 3.24. The van der Waals surface area contributed by atoms with Crippen LogP contribution in [0, 0.1) is 5.82 Å². The van der Waals surface area contributed by atoms with Crippen molar-refractivity contribution >= 4 is 33.7 Å². The van der Waals surface area contributed by atoms with Gasteiger partial charge in [-0.25, -0.2) is 14.2 Å². The quantitative estimate of drug-likeness (QED) is 0.530. The second-order valence-corrected chi connectivity index (χ2v) is 6.90. The molecule has 1 aromatic heterocycles. The topological polar surface area (TPSA) is 108 Å². The molecule has 0 saturated carbocycles. The summed E-state index contributed by atoms with van der Waals surface area (Å²) in [5, 5.41) is 14.4. The molecule has 0 radical (unpaired) electrons. The molecular weight excluding hydrogens is 433 g/mol. The lowest BCUT2D eigenvalue weighted by atomic mass is 10.0. The van der Waals surface area contributed by atoms with E-state index in [4.69, 9.17) is 0 Å². The number of carboxylic acid groups (broad SMARTS) is 1. The highest BCUT2D eigenvalue weighted by atomic mass is 79.9. The van der Waals surface area contributed by atoms with Crippen LogP contribution in [0.15, 0.2) is 47.2 Å². The first-order valence-corrected chi connectivity index (χ1v) is 9.19. The molecule has 2 aromatic rings. The number of nitrogens with zero attached hydrogens (tertiary/aromatic N) is 1. The summed E-state index contributed by atoms with van der Waals surface area (Å²) in [4.78, 5) is 39.8. The van der Waals surface area contributed by atoms with Crippen LogP contribution >= 0.6 is 15.9 Å². The van der Waals surface area contributed by atoms with Gasteiger partial charge in [0.1, 0.15) is 22.5 Å². The number of pyridine rings is 1. The monoisotopic (exact) mass is 451 g/mol. The van der Waals surface area contributed by atoms with Gasteiger partial charge in [-0.15, -0.1) is 0 Å². The zero-order valence-corrected chi connectivity index (χ0v) is 16.6. The predicted molar refractivity (Wildman–Crippen MR) is 103 cm³/mol. The summed E-state index contributed by atoms with van der Waals surface area (Å²) in [6, 6.07) is 6.71. The SMILES string of the molecule is CC(=O)N[C@H](Cc1cccc(F)c1)C(=O)N[C@H](Cc1cccnc1Br)C(=O)O. The number of halogens is 2. The van der Waals surface area contributed by atoms with Crippen LogP contribution in [0.25, 0.3) is 0 Å². The molecule has 2 amide bonds. The zero-order valence-electron chi connectivity index (χ0n) is 15.0. The van der Waals surface area contributed by atoms with Crippen molar-refractivity contribution in [2.45, 2.75) is 31.8 Å². The first-order chi connectivity index (χ1) is 13.3. The van der Waals surface area contributed by atoms with E-state index in [1.165, 1.54) is 25.1 Å². The summed E-state index contributed by atoms with van der Waals surface area (Å²) in [5.41, 5.74) is 1.10. The first-order valence-electron chi connectivity index (χ1n) is 8.40. The van der Waals surface area contributed by atoms with Crippen LogP contribution < -0.4 is 10.6 Å². The van der Waals surface area contributed by atoms with E-state index in [0.717, 1.165) is 0 Å². The fraction of sp³-hybridized carbons (Fsp3) is 0.263. The van der Waals surface area contributed by atoms with Crippen molar-refractivity contribution in [3.63, 3.8) is 0 Å². The van der Waals surface area contributed by atoms with Gasteiger partial charge < -0.3 is 15.7 Å². The van der Waals surface area contributed by atoms with E-state index in [2.05, 4.69) is 31.5 Å². The van der Waals surface area contributed by atoms with Crippen molar-refractivity contribution in [3.8, 4) is 0 Å². The lowest BCUT2D eigenvalue weighted by Crippen LogP contribution is -2.52. The Morgan fingerprint density at radius 3 is 2.50 bits per heavy atom. The number of rotatable bonds is 8. The fourth-order valence-electron chi connectivity index (χ4n) is 2.62. The van der Waals surface area contributed by atoms with E-state index in [9.17, 15) is 23.9 Å². The molecule has 1 aromatic carbocycles. The van der Waals surface area contributed by atoms with Crippen molar-refractivity contribution in [2.75, 3.05) is 0 Å². The van der Waals surface area contributed by atoms with Crippen LogP contribution in [0.4, 0.5) is 4.39 Å². The van der Waals surface area contributed by atoms with Crippen molar-refractivity contribution < 1.29 is 23.9 Å². The molecule has 2 rings (SSSR count). The third kappa shape index (κ3) is 6.41. The number of nitrogens with one attached hydrogen (secondary N) is 2. The second-order valence-electron chi connectivity index (χ2n) is 6.14. The maximum Gasteiger partial charge on any atom is 0.326 e. The molecule has 7 nitrogen and oxygen atoms in total. The van der Waals surface area contributed by atoms with Crippen LogP contribution in [0.2, 0.25) is 0 Å². The first kappa shape index (κ1) is 21.5. The number of aromatic nitrogens is 1. The van der Waals surface area contributed by atoms with Crippen molar-refractivity contribution in [1.82, 2.24) is 15.6 Å². The minimum atomic E-state index is -1.23. The standard InChI is InChI=1S/C19H19BrFN3O4/c1-11(25)23-15(9-12-4-2-6-14(21)8-12)18(26)24-16(19(27)28)10-13-5-3-7-22-17(13)20/h2-8,15-16H,9-10H2,1H3,(H,23,25)(H,24,26)(H,27,28)/t15-,16-/m1/s1. The van der Waals surface area contributed by atoms with Crippen LogP contribution in [0.5, 0.6) is 0 Å². The normalized spacial score (nSPS) is 12.7. The summed E-state index contributed by atoms with van der Waals surface area (Å²) < 4.78 is 13.9. The Morgan fingerprint density at radius 2 is 1.89 bits per heavy atom. The van der Waals surface area contributed by atoms with E-state index >= 15 is 0 Å². The van der Waals surface area contributed by atoms with E-state index in [-0.39, 0.29) is 12.8 Å². The zero-order chi connectivity index (χ0) is 20.7. The molecule has 28 heavy (non-hydrogen) atoms. The number of carboxylic acids is 1. The highest BCUT2D eigenvalue weighted by molar-refractivity contribution is 9.10. The molecule has 148 valence electrons. The van der Waals surface area contributed by atoms with Gasteiger partial charge in [-0.3, -0.25) is 9.59 Å². The molecule has 0 saturated heterocycles. The van der Waals surface area contributed by atoms with Gasteiger partial charge in [0.15, 0.2) is 0 Å². The fourth-order valence-corrected chi connectivity index (χ4v) is 3.03. The van der Waals surface area contributed by atoms with Crippen LogP contribution in [-0.2, 0) is 27.2 Å². The Kier molecular flexibility index (Phi) is 7.62. The third-order valence-electron chi connectivity index (χ3n) is 3.90. The predicted octanol–water partition coefficient (Wildman–Crippen LogP) is 1.84. The molecule has 0 aliphatic carbocycles. The summed E-state index contributed by atoms with van der Waals surface area (Å²) in [6.45, 7) is 1.24. The van der Waals surface area contributed by atoms with E-state index < -0.39 is 35.7 Å². The maximum absolute atomic E-state index is 13.4. The number of benzene rings is 1. The molecule has 0 aliphatic rings. The Bertz CT molecular complexity index is 878. The molecule has 1 heterocycles. The lowest BCUT2D eigenvalue weighted by Gasteiger charge is -2.21. The van der Waals surface area contributed by atoms with E-state index in [1.54, 1.807) is 24.4 Å². The molecule has 9 heteroatoms. The van der Waals surface area contributed by atoms with Gasteiger partial charge in [0.25, 0.3) is 0 Å². The number of amides is 2. The summed E-state index contributed by atoms with van der Waals surface area (Å²) in [5.74, 6) is -2.83. The molecule has 0 fully saturated rings. The Hall–Kier alpha value is -2.81. The minimum Gasteiger partial charge on any atom is -0.480 e. The molecule has 0 aliphatic heterocycles. The molecular formula is C19H19BrFN3O4. The van der Waals surface area contributed by atoms with Gasteiger partial charge in [0, 0.05) is 26.0 Å². The van der Waals surface area contributed by atoms with Gasteiger partial charge >= 0.3 is 5.97 Å². The number of carbonyl (C=O) groups is 3. The number of aliphatic carboxylic acids is 1. The minimum absolute atomic E-state index is 0.00224. The third-order valence-corrected chi connectivity index (χ3v) is 4.61. The largest absolute Gasteiger partial charge is 0.480 e. The second kappa shape index (κ2) is 9.93. The molecule has 3 N–H and O–H groups in total. The molecule has 0 unspecified atom stereocenters. The molecule has 0 bridgehead atoms. The number of hydrogen-bond donors (Lipinski definition) is 3. The van der Waals surface area contributed by atoms with Gasteiger partial charge in [-0.1, -0.05) is 18.2 Å². The summed E-state index contributed by atoms with van der Waals surface area (Å²) in [6.07, 6.45) is 1.57.